The molecule has 0 unspecified atom stereocenters. The molecule has 0 saturated carbocycles. The Hall–Kier alpha value is -1.55. The second-order valence-electron chi connectivity index (χ2n) is 3.48. The van der Waals surface area contributed by atoms with Crippen molar-refractivity contribution in [1.82, 2.24) is 0 Å². The molecule has 84 valence electrons. The molecular formula is C12H12O3S. The van der Waals surface area contributed by atoms with Crippen LogP contribution >= 0.6 is 11.3 Å². The van der Waals surface area contributed by atoms with Crippen molar-refractivity contribution in [2.24, 2.45) is 0 Å². The topological polar surface area (TPSA) is 46.5 Å². The van der Waals surface area contributed by atoms with E-state index in [1.165, 1.54) is 0 Å². The molecule has 4 heteroatoms. The van der Waals surface area contributed by atoms with E-state index in [9.17, 15) is 4.79 Å². The van der Waals surface area contributed by atoms with Gasteiger partial charge in [0.25, 0.3) is 0 Å². The summed E-state index contributed by atoms with van der Waals surface area (Å²) in [6, 6.07) is 7.89. The number of carboxylic acids is 1. The molecule has 2 rings (SSSR count). The number of hydrogen-bond acceptors (Lipinski definition) is 3. The third-order valence-electron chi connectivity index (χ3n) is 2.38. The molecule has 0 radical (unpaired) electrons. The average molecular weight is 236 g/mol. The van der Waals surface area contributed by atoms with Gasteiger partial charge in [-0.15, -0.1) is 11.3 Å². The average Bonchev–Trinajstić information content (AvgIpc) is 2.68. The minimum absolute atomic E-state index is 0.176. The lowest BCUT2D eigenvalue weighted by Gasteiger charge is -1.99. The number of ether oxygens (including phenoxy) is 1. The van der Waals surface area contributed by atoms with E-state index < -0.39 is 5.97 Å². The maximum absolute atomic E-state index is 10.5. The van der Waals surface area contributed by atoms with Gasteiger partial charge in [-0.2, -0.15) is 0 Å². The van der Waals surface area contributed by atoms with Gasteiger partial charge in [0, 0.05) is 15.0 Å². The van der Waals surface area contributed by atoms with Crippen LogP contribution in [0, 0.1) is 0 Å². The van der Waals surface area contributed by atoms with E-state index in [1.807, 2.05) is 24.3 Å². The van der Waals surface area contributed by atoms with E-state index in [0.29, 0.717) is 6.42 Å². The molecule has 0 aliphatic rings. The fraction of sp³-hybridized carbons (Fsp3) is 0.250. The Morgan fingerprint density at radius 1 is 1.50 bits per heavy atom. The zero-order chi connectivity index (χ0) is 11.5. The first-order valence-electron chi connectivity index (χ1n) is 4.98. The van der Waals surface area contributed by atoms with E-state index in [1.54, 1.807) is 18.4 Å². The smallest absolute Gasteiger partial charge is 0.303 e. The molecule has 1 aromatic heterocycles. The molecule has 1 aromatic carbocycles. The minimum atomic E-state index is -0.760. The molecule has 16 heavy (non-hydrogen) atoms. The summed E-state index contributed by atoms with van der Waals surface area (Å²) >= 11 is 1.63. The molecule has 0 aliphatic carbocycles. The summed E-state index contributed by atoms with van der Waals surface area (Å²) in [4.78, 5) is 11.6. The number of hydrogen-bond donors (Lipinski definition) is 1. The fourth-order valence-corrected chi connectivity index (χ4v) is 2.70. The minimum Gasteiger partial charge on any atom is -0.496 e. The summed E-state index contributed by atoms with van der Waals surface area (Å²) in [5.74, 6) is 0.0831. The Labute approximate surface area is 97.3 Å². The fourth-order valence-electron chi connectivity index (χ4n) is 1.62. The lowest BCUT2D eigenvalue weighted by Crippen LogP contribution is -1.95. The van der Waals surface area contributed by atoms with Gasteiger partial charge in [-0.25, -0.2) is 0 Å². The maximum atomic E-state index is 10.5. The Bertz CT molecular complexity index is 516. The van der Waals surface area contributed by atoms with Crippen molar-refractivity contribution in [2.45, 2.75) is 12.8 Å². The van der Waals surface area contributed by atoms with Gasteiger partial charge in [0.1, 0.15) is 5.75 Å². The normalized spacial score (nSPS) is 10.6. The van der Waals surface area contributed by atoms with Crippen LogP contribution in [-0.2, 0) is 11.2 Å². The molecule has 3 nitrogen and oxygen atoms in total. The molecule has 0 aliphatic heterocycles. The van der Waals surface area contributed by atoms with Crippen molar-refractivity contribution in [3.05, 3.63) is 29.1 Å². The van der Waals surface area contributed by atoms with Crippen LogP contribution in [0.1, 0.15) is 11.3 Å². The predicted octanol–water partition coefficient (Wildman–Crippen LogP) is 2.93. The van der Waals surface area contributed by atoms with Crippen LogP contribution < -0.4 is 4.74 Å². The first-order chi connectivity index (χ1) is 7.70. The Balaban J connectivity index is 2.32. The van der Waals surface area contributed by atoms with Crippen molar-refractivity contribution in [2.75, 3.05) is 7.11 Å². The number of methoxy groups -OCH3 is 1. The highest BCUT2D eigenvalue weighted by molar-refractivity contribution is 7.19. The van der Waals surface area contributed by atoms with E-state index in [0.717, 1.165) is 20.7 Å². The van der Waals surface area contributed by atoms with Crippen LogP contribution in [0.4, 0.5) is 0 Å². The number of benzene rings is 1. The number of fused-ring (bicyclic) bond motifs is 1. The zero-order valence-corrected chi connectivity index (χ0v) is 9.71. The molecule has 0 atom stereocenters. The van der Waals surface area contributed by atoms with Gasteiger partial charge in [-0.3, -0.25) is 4.79 Å². The predicted molar refractivity (Wildman–Crippen MR) is 64.3 cm³/mol. The van der Waals surface area contributed by atoms with Crippen molar-refractivity contribution >= 4 is 27.4 Å². The van der Waals surface area contributed by atoms with E-state index in [4.69, 9.17) is 9.84 Å². The molecule has 0 saturated heterocycles. The van der Waals surface area contributed by atoms with Gasteiger partial charge < -0.3 is 9.84 Å². The first kappa shape index (κ1) is 11.0. The first-order valence-corrected chi connectivity index (χ1v) is 5.79. The highest BCUT2D eigenvalue weighted by Gasteiger charge is 2.07. The summed E-state index contributed by atoms with van der Waals surface area (Å²) in [7, 11) is 1.64. The van der Waals surface area contributed by atoms with Gasteiger partial charge in [0.15, 0.2) is 0 Å². The van der Waals surface area contributed by atoms with Crippen molar-refractivity contribution in [3.8, 4) is 5.75 Å². The largest absolute Gasteiger partial charge is 0.496 e. The van der Waals surface area contributed by atoms with Crippen molar-refractivity contribution in [1.29, 1.82) is 0 Å². The lowest BCUT2D eigenvalue weighted by atomic mass is 10.2. The standard InChI is InChI=1S/C12H12O3S/c1-15-10-3-2-4-11-9(10)7-8(16-11)5-6-12(13)14/h2-4,7H,5-6H2,1H3,(H,13,14). The molecule has 1 N–H and O–H groups in total. The Morgan fingerprint density at radius 3 is 3.00 bits per heavy atom. The lowest BCUT2D eigenvalue weighted by molar-refractivity contribution is -0.136. The number of aryl methyl sites for hydroxylation is 1. The molecular weight excluding hydrogens is 224 g/mol. The van der Waals surface area contributed by atoms with E-state index in [-0.39, 0.29) is 6.42 Å². The highest BCUT2D eigenvalue weighted by Crippen LogP contribution is 2.33. The van der Waals surface area contributed by atoms with E-state index in [2.05, 4.69) is 0 Å². The van der Waals surface area contributed by atoms with Gasteiger partial charge in [0.05, 0.1) is 13.5 Å². The number of carbonyl (C=O) groups is 1. The van der Waals surface area contributed by atoms with Crippen LogP contribution in [0.25, 0.3) is 10.1 Å². The SMILES string of the molecule is COc1cccc2sc(CCC(=O)O)cc12. The summed E-state index contributed by atoms with van der Waals surface area (Å²) in [5, 5.41) is 9.70. The second-order valence-corrected chi connectivity index (χ2v) is 4.65. The molecule has 1 heterocycles. The third kappa shape index (κ3) is 2.17. The quantitative estimate of drug-likeness (QED) is 0.887. The summed E-state index contributed by atoms with van der Waals surface area (Å²) in [6.07, 6.45) is 0.757. The Kier molecular flexibility index (Phi) is 3.10. The van der Waals surface area contributed by atoms with Crippen molar-refractivity contribution < 1.29 is 14.6 Å². The zero-order valence-electron chi connectivity index (χ0n) is 8.90. The molecule has 0 bridgehead atoms. The molecule has 0 fully saturated rings. The van der Waals surface area contributed by atoms with Gasteiger partial charge in [0.2, 0.25) is 0 Å². The molecule has 0 amide bonds. The van der Waals surface area contributed by atoms with Gasteiger partial charge in [-0.05, 0) is 24.6 Å². The Morgan fingerprint density at radius 2 is 2.31 bits per heavy atom. The summed E-state index contributed by atoms with van der Waals surface area (Å²) < 4.78 is 6.40. The second kappa shape index (κ2) is 4.53. The number of carboxylic acid groups (broad SMARTS) is 1. The van der Waals surface area contributed by atoms with E-state index >= 15 is 0 Å². The van der Waals surface area contributed by atoms with Crippen LogP contribution in [-0.4, -0.2) is 18.2 Å². The number of aliphatic carboxylic acids is 1. The van der Waals surface area contributed by atoms with Crippen LogP contribution in [0.5, 0.6) is 5.75 Å². The summed E-state index contributed by atoms with van der Waals surface area (Å²) in [5.41, 5.74) is 0. The molecule has 2 aromatic rings. The van der Waals surface area contributed by atoms with Crippen LogP contribution in [0.2, 0.25) is 0 Å². The highest BCUT2D eigenvalue weighted by atomic mass is 32.1. The van der Waals surface area contributed by atoms with Crippen LogP contribution in [0.15, 0.2) is 24.3 Å². The van der Waals surface area contributed by atoms with Gasteiger partial charge >= 0.3 is 5.97 Å². The maximum Gasteiger partial charge on any atom is 0.303 e. The number of thiophene rings is 1. The van der Waals surface area contributed by atoms with Gasteiger partial charge in [-0.1, -0.05) is 6.07 Å². The molecule has 0 spiro atoms. The van der Waals surface area contributed by atoms with Crippen LogP contribution in [0.3, 0.4) is 0 Å². The third-order valence-corrected chi connectivity index (χ3v) is 3.54. The van der Waals surface area contributed by atoms with Crippen molar-refractivity contribution in [3.63, 3.8) is 0 Å². The number of rotatable bonds is 4. The monoisotopic (exact) mass is 236 g/mol. The summed E-state index contributed by atoms with van der Waals surface area (Å²) in [6.45, 7) is 0.